The molecule has 1 atom stereocenters. The number of thiophene rings is 1. The zero-order valence-corrected chi connectivity index (χ0v) is 12.8. The molecule has 1 aromatic rings. The normalized spacial score (nSPS) is 43.3. The maximum atomic E-state index is 10.9. The summed E-state index contributed by atoms with van der Waals surface area (Å²) in [5.41, 5.74) is 0.221. The topological polar surface area (TPSA) is 20.2 Å². The van der Waals surface area contributed by atoms with Crippen LogP contribution >= 0.6 is 27.3 Å². The van der Waals surface area contributed by atoms with Crippen molar-refractivity contribution in [1.82, 2.24) is 0 Å². The van der Waals surface area contributed by atoms with Crippen LogP contribution in [0.2, 0.25) is 0 Å². The van der Waals surface area contributed by atoms with E-state index in [1.54, 1.807) is 11.3 Å². The van der Waals surface area contributed by atoms with Crippen molar-refractivity contribution in [1.29, 1.82) is 0 Å². The Bertz CT molecular complexity index is 432. The Morgan fingerprint density at radius 3 is 2.11 bits per heavy atom. The number of aliphatic hydroxyl groups excluding tert-OH is 1. The van der Waals surface area contributed by atoms with Gasteiger partial charge in [-0.05, 0) is 84.3 Å². The van der Waals surface area contributed by atoms with Gasteiger partial charge in [-0.2, -0.15) is 0 Å². The van der Waals surface area contributed by atoms with Gasteiger partial charge in [-0.15, -0.1) is 11.3 Å². The second kappa shape index (κ2) is 4.07. The van der Waals surface area contributed by atoms with Crippen LogP contribution in [0.5, 0.6) is 0 Å². The molecule has 0 aromatic carbocycles. The van der Waals surface area contributed by atoms with Crippen LogP contribution in [0.1, 0.15) is 49.5 Å². The fraction of sp³-hybridized carbons (Fsp3) is 0.733. The average molecular weight is 327 g/mol. The fourth-order valence-electron chi connectivity index (χ4n) is 5.29. The van der Waals surface area contributed by atoms with Gasteiger partial charge in [0.1, 0.15) is 0 Å². The summed E-state index contributed by atoms with van der Waals surface area (Å²) in [6, 6.07) is 4.18. The Balaban J connectivity index is 1.67. The Kier molecular flexibility index (Phi) is 2.69. The van der Waals surface area contributed by atoms with Gasteiger partial charge in [0.15, 0.2) is 0 Å². The Hall–Kier alpha value is 0.140. The highest BCUT2D eigenvalue weighted by Gasteiger charge is 2.54. The molecule has 1 heterocycles. The Morgan fingerprint density at radius 1 is 1.11 bits per heavy atom. The predicted octanol–water partition coefficient (Wildman–Crippen LogP) is 4.76. The summed E-state index contributed by atoms with van der Waals surface area (Å²) in [4.78, 5) is 1.17. The maximum absolute atomic E-state index is 10.9. The number of aliphatic hydroxyl groups is 1. The van der Waals surface area contributed by atoms with E-state index < -0.39 is 0 Å². The Labute approximate surface area is 121 Å². The smallest absolute Gasteiger partial charge is 0.0938 e. The molecule has 4 saturated carbocycles. The van der Waals surface area contributed by atoms with Gasteiger partial charge >= 0.3 is 0 Å². The lowest BCUT2D eigenvalue weighted by Gasteiger charge is -2.58. The second-order valence-corrected chi connectivity index (χ2v) is 9.32. The molecule has 0 aliphatic heterocycles. The molecule has 98 valence electrons. The molecule has 1 N–H and O–H groups in total. The SMILES string of the molecule is OC(c1ccc(Br)s1)C12CC3CC(CC(C3)C1)C2. The molecule has 1 nitrogen and oxygen atoms in total. The van der Waals surface area contributed by atoms with Crippen LogP contribution < -0.4 is 0 Å². The van der Waals surface area contributed by atoms with Crippen LogP contribution in [-0.4, -0.2) is 5.11 Å². The number of hydrogen-bond donors (Lipinski definition) is 1. The van der Waals surface area contributed by atoms with E-state index in [1.165, 1.54) is 43.4 Å². The summed E-state index contributed by atoms with van der Waals surface area (Å²) in [5, 5.41) is 10.9. The van der Waals surface area contributed by atoms with Crippen LogP contribution in [0, 0.1) is 23.2 Å². The zero-order valence-electron chi connectivity index (χ0n) is 10.4. The van der Waals surface area contributed by atoms with E-state index in [-0.39, 0.29) is 11.5 Å². The molecule has 0 spiro atoms. The average Bonchev–Trinajstić information content (AvgIpc) is 2.73. The van der Waals surface area contributed by atoms with Crippen molar-refractivity contribution in [2.45, 2.75) is 44.6 Å². The van der Waals surface area contributed by atoms with Crippen LogP contribution in [0.4, 0.5) is 0 Å². The summed E-state index contributed by atoms with van der Waals surface area (Å²) in [6.07, 6.45) is 7.93. The number of halogens is 1. The van der Waals surface area contributed by atoms with Crippen molar-refractivity contribution in [2.75, 3.05) is 0 Å². The van der Waals surface area contributed by atoms with Crippen LogP contribution in [0.3, 0.4) is 0 Å². The highest BCUT2D eigenvalue weighted by Crippen LogP contribution is 2.64. The largest absolute Gasteiger partial charge is 0.387 e. The van der Waals surface area contributed by atoms with Gasteiger partial charge in [0.25, 0.3) is 0 Å². The molecule has 4 aliphatic rings. The molecular formula is C15H19BrOS. The molecule has 4 bridgehead atoms. The molecule has 0 amide bonds. The molecule has 0 radical (unpaired) electrons. The minimum atomic E-state index is -0.220. The van der Waals surface area contributed by atoms with E-state index in [0.29, 0.717) is 0 Å². The van der Waals surface area contributed by atoms with Gasteiger partial charge in [-0.25, -0.2) is 0 Å². The first-order valence-electron chi connectivity index (χ1n) is 7.08. The lowest BCUT2D eigenvalue weighted by Crippen LogP contribution is -2.48. The molecule has 0 saturated heterocycles. The van der Waals surface area contributed by atoms with Crippen molar-refractivity contribution < 1.29 is 5.11 Å². The van der Waals surface area contributed by atoms with E-state index in [2.05, 4.69) is 28.1 Å². The van der Waals surface area contributed by atoms with E-state index in [4.69, 9.17) is 0 Å². The molecule has 3 heteroatoms. The third-order valence-electron chi connectivity index (χ3n) is 5.53. The van der Waals surface area contributed by atoms with E-state index in [1.807, 2.05) is 0 Å². The first-order chi connectivity index (χ1) is 8.64. The monoisotopic (exact) mass is 326 g/mol. The summed E-state index contributed by atoms with van der Waals surface area (Å²) in [7, 11) is 0. The first kappa shape index (κ1) is 11.9. The number of rotatable bonds is 2. The van der Waals surface area contributed by atoms with Crippen molar-refractivity contribution in [3.8, 4) is 0 Å². The van der Waals surface area contributed by atoms with Gasteiger partial charge in [0.05, 0.1) is 9.89 Å². The highest BCUT2D eigenvalue weighted by atomic mass is 79.9. The minimum absolute atomic E-state index is 0.220. The van der Waals surface area contributed by atoms with Gasteiger partial charge in [0, 0.05) is 10.3 Å². The van der Waals surface area contributed by atoms with Crippen molar-refractivity contribution in [2.24, 2.45) is 23.2 Å². The zero-order chi connectivity index (χ0) is 12.3. The van der Waals surface area contributed by atoms with E-state index in [9.17, 15) is 5.11 Å². The van der Waals surface area contributed by atoms with Crippen LogP contribution in [0.15, 0.2) is 15.9 Å². The lowest BCUT2D eigenvalue weighted by molar-refractivity contribution is -0.121. The third kappa shape index (κ3) is 1.74. The molecule has 4 aliphatic carbocycles. The second-order valence-electron chi connectivity index (χ2n) is 6.82. The summed E-state index contributed by atoms with van der Waals surface area (Å²) in [5.74, 6) is 2.73. The number of hydrogen-bond acceptors (Lipinski definition) is 2. The molecule has 4 fully saturated rings. The fourth-order valence-corrected chi connectivity index (χ4v) is 6.84. The molecule has 5 rings (SSSR count). The van der Waals surface area contributed by atoms with E-state index >= 15 is 0 Å². The summed E-state index contributed by atoms with van der Waals surface area (Å²) >= 11 is 5.23. The standard InChI is InChI=1S/C15H19BrOS/c16-13-2-1-12(18-13)14(17)15-6-9-3-10(7-15)5-11(4-9)8-15/h1-2,9-11,14,17H,3-8H2. The molecule has 18 heavy (non-hydrogen) atoms. The van der Waals surface area contributed by atoms with Gasteiger partial charge in [-0.3, -0.25) is 0 Å². The molecular weight excluding hydrogens is 308 g/mol. The first-order valence-corrected chi connectivity index (χ1v) is 8.69. The van der Waals surface area contributed by atoms with Crippen molar-refractivity contribution >= 4 is 27.3 Å². The summed E-state index contributed by atoms with van der Waals surface area (Å²) < 4.78 is 1.14. The molecule has 1 aromatic heterocycles. The van der Waals surface area contributed by atoms with Crippen LogP contribution in [-0.2, 0) is 0 Å². The van der Waals surface area contributed by atoms with Crippen molar-refractivity contribution in [3.63, 3.8) is 0 Å². The van der Waals surface area contributed by atoms with Gasteiger partial charge < -0.3 is 5.11 Å². The van der Waals surface area contributed by atoms with Gasteiger partial charge in [-0.1, -0.05) is 0 Å². The third-order valence-corrected chi connectivity index (χ3v) is 7.21. The van der Waals surface area contributed by atoms with E-state index in [0.717, 1.165) is 21.5 Å². The summed E-state index contributed by atoms with van der Waals surface area (Å²) in [6.45, 7) is 0. The van der Waals surface area contributed by atoms with Crippen molar-refractivity contribution in [3.05, 3.63) is 20.8 Å². The molecule has 1 unspecified atom stereocenters. The lowest BCUT2D eigenvalue weighted by atomic mass is 9.48. The Morgan fingerprint density at radius 2 is 1.67 bits per heavy atom. The predicted molar refractivity (Wildman–Crippen MR) is 77.6 cm³/mol. The quantitative estimate of drug-likeness (QED) is 0.830. The highest BCUT2D eigenvalue weighted by molar-refractivity contribution is 9.11. The van der Waals surface area contributed by atoms with Gasteiger partial charge in [0.2, 0.25) is 0 Å². The minimum Gasteiger partial charge on any atom is -0.387 e. The van der Waals surface area contributed by atoms with Crippen LogP contribution in [0.25, 0.3) is 0 Å². The maximum Gasteiger partial charge on any atom is 0.0938 e.